The molecule has 0 aromatic heterocycles. The molecular formula is C29H28ClFN2O7. The molecule has 11 heteroatoms. The number of hydrogen-bond donors (Lipinski definition) is 1. The van der Waals surface area contributed by atoms with Crippen LogP contribution in [0.25, 0.3) is 11.1 Å². The van der Waals surface area contributed by atoms with E-state index in [0.717, 1.165) is 6.07 Å². The molecule has 0 aliphatic carbocycles. The minimum atomic E-state index is -1.21. The van der Waals surface area contributed by atoms with Crippen molar-refractivity contribution in [2.45, 2.75) is 13.5 Å². The second-order valence-corrected chi connectivity index (χ2v) is 9.65. The first kappa shape index (κ1) is 27.5. The molecule has 1 N–H and O–H groups in total. The van der Waals surface area contributed by atoms with E-state index in [1.54, 1.807) is 30.3 Å². The number of carbonyl (C=O) groups is 2. The van der Waals surface area contributed by atoms with Crippen molar-refractivity contribution in [1.29, 1.82) is 0 Å². The van der Waals surface area contributed by atoms with Crippen molar-refractivity contribution in [3.8, 4) is 28.4 Å². The Morgan fingerprint density at radius 1 is 1.07 bits per heavy atom. The first-order chi connectivity index (χ1) is 19.3. The third-order valence-electron chi connectivity index (χ3n) is 6.85. The van der Waals surface area contributed by atoms with Gasteiger partial charge in [0.1, 0.15) is 11.6 Å². The van der Waals surface area contributed by atoms with Gasteiger partial charge in [-0.2, -0.15) is 0 Å². The molecule has 0 unspecified atom stereocenters. The van der Waals surface area contributed by atoms with Gasteiger partial charge in [0.15, 0.2) is 18.2 Å². The topological polar surface area (TPSA) is 97.8 Å². The number of rotatable bonds is 7. The number of para-hydroxylation sites is 1. The Morgan fingerprint density at radius 3 is 2.55 bits per heavy atom. The summed E-state index contributed by atoms with van der Waals surface area (Å²) in [5, 5.41) is 9.95. The fourth-order valence-corrected chi connectivity index (χ4v) is 5.15. The maximum atomic E-state index is 15.4. The van der Waals surface area contributed by atoms with Crippen LogP contribution in [0.4, 0.5) is 10.1 Å². The van der Waals surface area contributed by atoms with Crippen LogP contribution in [-0.2, 0) is 11.3 Å². The summed E-state index contributed by atoms with van der Waals surface area (Å²) < 4.78 is 37.7. The molecule has 1 saturated heterocycles. The molecule has 2 aliphatic rings. The number of nitrogens with zero attached hydrogens (tertiary/aromatic N) is 2. The van der Waals surface area contributed by atoms with E-state index >= 15 is 4.39 Å². The monoisotopic (exact) mass is 570 g/mol. The molecule has 0 spiro atoms. The van der Waals surface area contributed by atoms with Gasteiger partial charge in [0, 0.05) is 35.8 Å². The Balaban J connectivity index is 1.47. The van der Waals surface area contributed by atoms with E-state index in [9.17, 15) is 14.7 Å². The molecule has 0 radical (unpaired) electrons. The number of halogens is 2. The summed E-state index contributed by atoms with van der Waals surface area (Å²) in [6, 6.07) is 10.9. The minimum Gasteiger partial charge on any atom is -0.493 e. The van der Waals surface area contributed by atoms with Gasteiger partial charge in [-0.3, -0.25) is 4.79 Å². The average Bonchev–Trinajstić information content (AvgIpc) is 2.97. The molecule has 2 heterocycles. The smallest absolute Gasteiger partial charge is 0.337 e. The first-order valence-electron chi connectivity index (χ1n) is 12.8. The first-order valence-corrected chi connectivity index (χ1v) is 13.1. The largest absolute Gasteiger partial charge is 0.493 e. The quantitative estimate of drug-likeness (QED) is 0.420. The predicted molar refractivity (Wildman–Crippen MR) is 146 cm³/mol. The molecule has 40 heavy (non-hydrogen) atoms. The number of carbonyl (C=O) groups excluding carboxylic acids is 1. The molecule has 1 amide bonds. The van der Waals surface area contributed by atoms with Crippen LogP contribution in [0.2, 0.25) is 5.02 Å². The van der Waals surface area contributed by atoms with Crippen molar-refractivity contribution in [1.82, 2.24) is 4.90 Å². The number of amides is 1. The SMILES string of the molecule is CCOc1cc(Cl)c(C(=O)N2COc3c(cccc3-c3cc(N4CCOCC4)c(C(=O)O)cc3F)C2)cc1OC. The van der Waals surface area contributed by atoms with Gasteiger partial charge in [0.05, 0.1) is 55.3 Å². The van der Waals surface area contributed by atoms with Crippen LogP contribution in [0.1, 0.15) is 33.2 Å². The Kier molecular flexibility index (Phi) is 7.99. The Labute approximate surface area is 235 Å². The van der Waals surface area contributed by atoms with E-state index in [-0.39, 0.29) is 40.9 Å². The number of aromatic carboxylic acids is 1. The van der Waals surface area contributed by atoms with E-state index in [1.165, 1.54) is 18.1 Å². The molecule has 1 fully saturated rings. The number of benzene rings is 3. The van der Waals surface area contributed by atoms with Gasteiger partial charge < -0.3 is 33.9 Å². The molecule has 0 bridgehead atoms. The zero-order valence-corrected chi connectivity index (χ0v) is 22.8. The fraction of sp³-hybridized carbons (Fsp3) is 0.310. The zero-order valence-electron chi connectivity index (χ0n) is 22.0. The van der Waals surface area contributed by atoms with Gasteiger partial charge in [-0.1, -0.05) is 29.8 Å². The third kappa shape index (κ3) is 5.24. The fourth-order valence-electron chi connectivity index (χ4n) is 4.92. The molecular weight excluding hydrogens is 543 g/mol. The number of carboxylic acid groups (broad SMARTS) is 1. The zero-order chi connectivity index (χ0) is 28.4. The summed E-state index contributed by atoms with van der Waals surface area (Å²) in [6.45, 7) is 4.22. The van der Waals surface area contributed by atoms with Crippen LogP contribution < -0.4 is 19.1 Å². The standard InChI is InChI=1S/C29H28ClFN2O7/c1-3-39-26-14-22(30)20(13-25(26)37-2)28(34)33-15-17-5-4-6-18(27(17)40-16-33)19-12-24(32-7-9-38-10-8-32)21(29(35)36)11-23(19)31/h4-6,11-14H,3,7-10,15-16H2,1-2H3,(H,35,36). The number of methoxy groups -OCH3 is 1. The maximum absolute atomic E-state index is 15.4. The van der Waals surface area contributed by atoms with Gasteiger partial charge >= 0.3 is 5.97 Å². The van der Waals surface area contributed by atoms with Crippen LogP contribution in [-0.4, -0.2) is 68.6 Å². The molecule has 2 aliphatic heterocycles. The summed E-state index contributed by atoms with van der Waals surface area (Å²) in [5.74, 6) is -1.02. The molecule has 9 nitrogen and oxygen atoms in total. The number of fused-ring (bicyclic) bond motifs is 1. The summed E-state index contributed by atoms with van der Waals surface area (Å²) in [6.07, 6.45) is 0. The predicted octanol–water partition coefficient (Wildman–Crippen LogP) is 5.08. The van der Waals surface area contributed by atoms with E-state index < -0.39 is 11.8 Å². The third-order valence-corrected chi connectivity index (χ3v) is 7.16. The molecule has 5 rings (SSSR count). The summed E-state index contributed by atoms with van der Waals surface area (Å²) in [4.78, 5) is 28.7. The van der Waals surface area contributed by atoms with Crippen molar-refractivity contribution in [2.24, 2.45) is 0 Å². The van der Waals surface area contributed by atoms with Crippen molar-refractivity contribution < 1.29 is 38.0 Å². The van der Waals surface area contributed by atoms with Crippen LogP contribution in [0.5, 0.6) is 17.2 Å². The lowest BCUT2D eigenvalue weighted by Crippen LogP contribution is -2.37. The Hall–Kier alpha value is -4.02. The highest BCUT2D eigenvalue weighted by molar-refractivity contribution is 6.34. The number of hydrogen-bond acceptors (Lipinski definition) is 7. The van der Waals surface area contributed by atoms with Crippen molar-refractivity contribution in [3.05, 3.63) is 70.0 Å². The summed E-state index contributed by atoms with van der Waals surface area (Å²) >= 11 is 6.43. The second kappa shape index (κ2) is 11.6. The molecule has 0 atom stereocenters. The van der Waals surface area contributed by atoms with Gasteiger partial charge in [0.2, 0.25) is 0 Å². The lowest BCUT2D eigenvalue weighted by atomic mass is 9.97. The van der Waals surface area contributed by atoms with E-state index in [2.05, 4.69) is 0 Å². The van der Waals surface area contributed by atoms with Crippen LogP contribution in [0.3, 0.4) is 0 Å². The lowest BCUT2D eigenvalue weighted by molar-refractivity contribution is 0.0515. The highest BCUT2D eigenvalue weighted by Crippen LogP contribution is 2.41. The van der Waals surface area contributed by atoms with Gasteiger partial charge in [-0.05, 0) is 25.1 Å². The lowest BCUT2D eigenvalue weighted by Gasteiger charge is -2.32. The molecule has 0 saturated carbocycles. The number of morpholine rings is 1. The van der Waals surface area contributed by atoms with Gasteiger partial charge in [-0.15, -0.1) is 0 Å². The molecule has 3 aromatic rings. The van der Waals surface area contributed by atoms with Crippen LogP contribution >= 0.6 is 11.6 Å². The summed E-state index contributed by atoms with van der Waals surface area (Å²) in [7, 11) is 1.48. The van der Waals surface area contributed by atoms with Crippen molar-refractivity contribution in [2.75, 3.05) is 51.7 Å². The van der Waals surface area contributed by atoms with Gasteiger partial charge in [-0.25, -0.2) is 9.18 Å². The molecule has 210 valence electrons. The minimum absolute atomic E-state index is 0.0974. The highest BCUT2D eigenvalue weighted by Gasteiger charge is 2.29. The van der Waals surface area contributed by atoms with E-state index in [4.69, 9.17) is 30.5 Å². The van der Waals surface area contributed by atoms with Crippen LogP contribution in [0.15, 0.2) is 42.5 Å². The maximum Gasteiger partial charge on any atom is 0.337 e. The average molecular weight is 571 g/mol. The van der Waals surface area contributed by atoms with Gasteiger partial charge in [0.25, 0.3) is 5.91 Å². The Morgan fingerprint density at radius 2 is 1.85 bits per heavy atom. The second-order valence-electron chi connectivity index (χ2n) is 9.24. The van der Waals surface area contributed by atoms with Crippen LogP contribution in [0, 0.1) is 5.82 Å². The highest BCUT2D eigenvalue weighted by atomic mass is 35.5. The molecule has 3 aromatic carbocycles. The number of carboxylic acids is 1. The normalized spacial score (nSPS) is 14.8. The van der Waals surface area contributed by atoms with Crippen molar-refractivity contribution >= 4 is 29.2 Å². The summed E-state index contributed by atoms with van der Waals surface area (Å²) in [5.41, 5.74) is 1.87. The number of anilines is 1. The van der Waals surface area contributed by atoms with E-state index in [1.807, 2.05) is 11.8 Å². The Bertz CT molecular complexity index is 1460. The van der Waals surface area contributed by atoms with Crippen molar-refractivity contribution in [3.63, 3.8) is 0 Å². The van der Waals surface area contributed by atoms with E-state index in [0.29, 0.717) is 67.0 Å². The number of ether oxygens (including phenoxy) is 4.